The Balaban J connectivity index is 1.82. The third-order valence-corrected chi connectivity index (χ3v) is 4.67. The minimum absolute atomic E-state index is 0.0436. The molecule has 2 heterocycles. The van der Waals surface area contributed by atoms with Gasteiger partial charge in [0.05, 0.1) is 11.6 Å². The zero-order valence-electron chi connectivity index (χ0n) is 12.9. The van der Waals surface area contributed by atoms with E-state index >= 15 is 0 Å². The molecule has 2 aromatic rings. The summed E-state index contributed by atoms with van der Waals surface area (Å²) >= 11 is 6.05. The summed E-state index contributed by atoms with van der Waals surface area (Å²) in [5, 5.41) is 12.0. The Hall–Kier alpha value is -1.52. The highest BCUT2D eigenvalue weighted by Gasteiger charge is 2.38. The van der Waals surface area contributed by atoms with Gasteiger partial charge in [-0.1, -0.05) is 17.7 Å². The average molecular weight is 321 g/mol. The smallest absolute Gasteiger partial charge is 0.242 e. The molecule has 1 aromatic carbocycles. The van der Waals surface area contributed by atoms with Crippen molar-refractivity contribution in [1.29, 1.82) is 0 Å². The van der Waals surface area contributed by atoms with E-state index in [0.29, 0.717) is 11.6 Å². The standard InChI is InChI=1S/C17H21ClN2O2/c1-17(2,22)15-4-3-8-20(15)16(21)11-19-9-7-12-5-6-13(18)10-14(12)19/h5-7,9-10,15,22H,3-4,8,11H2,1-2H3. The molecule has 1 aliphatic rings. The van der Waals surface area contributed by atoms with E-state index in [1.54, 1.807) is 13.8 Å². The molecule has 118 valence electrons. The highest BCUT2D eigenvalue weighted by atomic mass is 35.5. The predicted molar refractivity (Wildman–Crippen MR) is 88.0 cm³/mol. The number of amides is 1. The van der Waals surface area contributed by atoms with Gasteiger partial charge in [0.1, 0.15) is 6.54 Å². The monoisotopic (exact) mass is 320 g/mol. The second kappa shape index (κ2) is 5.60. The van der Waals surface area contributed by atoms with Crippen LogP contribution in [0.2, 0.25) is 5.02 Å². The Morgan fingerprint density at radius 2 is 2.18 bits per heavy atom. The fourth-order valence-corrected chi connectivity index (χ4v) is 3.50. The van der Waals surface area contributed by atoms with Crippen molar-refractivity contribution in [3.8, 4) is 0 Å². The summed E-state index contributed by atoms with van der Waals surface area (Å²) in [4.78, 5) is 14.5. The predicted octanol–water partition coefficient (Wildman–Crippen LogP) is 3.06. The number of hydrogen-bond donors (Lipinski definition) is 1. The van der Waals surface area contributed by atoms with Crippen LogP contribution in [-0.2, 0) is 11.3 Å². The van der Waals surface area contributed by atoms with Crippen molar-refractivity contribution in [2.24, 2.45) is 0 Å². The highest BCUT2D eigenvalue weighted by Crippen LogP contribution is 2.27. The summed E-state index contributed by atoms with van der Waals surface area (Å²) < 4.78 is 1.92. The van der Waals surface area contributed by atoms with Gasteiger partial charge in [-0.05, 0) is 50.3 Å². The van der Waals surface area contributed by atoms with Crippen molar-refractivity contribution in [3.05, 3.63) is 35.5 Å². The Kier molecular flexibility index (Phi) is 3.91. The van der Waals surface area contributed by atoms with Crippen LogP contribution in [0.3, 0.4) is 0 Å². The largest absolute Gasteiger partial charge is 0.388 e. The lowest BCUT2D eigenvalue weighted by Gasteiger charge is -2.34. The zero-order valence-corrected chi connectivity index (χ0v) is 13.7. The highest BCUT2D eigenvalue weighted by molar-refractivity contribution is 6.31. The van der Waals surface area contributed by atoms with Crippen LogP contribution in [0.25, 0.3) is 10.9 Å². The molecule has 22 heavy (non-hydrogen) atoms. The first kappa shape index (κ1) is 15.4. The molecular weight excluding hydrogens is 300 g/mol. The van der Waals surface area contributed by atoms with Crippen molar-refractivity contribution in [2.45, 2.75) is 44.9 Å². The molecule has 0 spiro atoms. The molecule has 3 rings (SSSR count). The van der Waals surface area contributed by atoms with Gasteiger partial charge < -0.3 is 14.6 Å². The Labute approximate surface area is 135 Å². The fourth-order valence-electron chi connectivity index (χ4n) is 3.33. The molecule has 1 amide bonds. The molecule has 0 bridgehead atoms. The van der Waals surface area contributed by atoms with E-state index in [0.717, 1.165) is 23.7 Å². The van der Waals surface area contributed by atoms with Gasteiger partial charge >= 0.3 is 0 Å². The Morgan fingerprint density at radius 1 is 1.41 bits per heavy atom. The van der Waals surface area contributed by atoms with Crippen LogP contribution in [0.15, 0.2) is 30.5 Å². The number of carbonyl (C=O) groups is 1. The van der Waals surface area contributed by atoms with Gasteiger partial charge in [0.25, 0.3) is 0 Å². The maximum atomic E-state index is 12.7. The molecule has 0 aliphatic carbocycles. The number of likely N-dealkylation sites (tertiary alicyclic amines) is 1. The minimum atomic E-state index is -0.867. The van der Waals surface area contributed by atoms with Gasteiger partial charge in [-0.15, -0.1) is 0 Å². The number of aliphatic hydroxyl groups is 1. The van der Waals surface area contributed by atoms with Crippen LogP contribution in [0.1, 0.15) is 26.7 Å². The topological polar surface area (TPSA) is 45.5 Å². The van der Waals surface area contributed by atoms with Crippen LogP contribution in [0.5, 0.6) is 0 Å². The number of aromatic nitrogens is 1. The number of fused-ring (bicyclic) bond motifs is 1. The third-order valence-electron chi connectivity index (χ3n) is 4.43. The number of carbonyl (C=O) groups excluding carboxylic acids is 1. The van der Waals surface area contributed by atoms with Crippen LogP contribution < -0.4 is 0 Å². The van der Waals surface area contributed by atoms with Crippen molar-refractivity contribution >= 4 is 28.4 Å². The van der Waals surface area contributed by atoms with Crippen molar-refractivity contribution in [2.75, 3.05) is 6.54 Å². The molecule has 1 fully saturated rings. The van der Waals surface area contributed by atoms with Gasteiger partial charge in [0.15, 0.2) is 0 Å². The second-order valence-electron chi connectivity index (χ2n) is 6.55. The molecule has 4 nitrogen and oxygen atoms in total. The van der Waals surface area contributed by atoms with Crippen LogP contribution >= 0.6 is 11.6 Å². The van der Waals surface area contributed by atoms with E-state index < -0.39 is 5.60 Å². The van der Waals surface area contributed by atoms with Gasteiger partial charge in [-0.25, -0.2) is 0 Å². The molecule has 1 unspecified atom stereocenters. The van der Waals surface area contributed by atoms with E-state index in [9.17, 15) is 9.90 Å². The average Bonchev–Trinajstić information content (AvgIpc) is 3.05. The first-order valence-corrected chi connectivity index (χ1v) is 8.00. The van der Waals surface area contributed by atoms with Gasteiger partial charge in [0.2, 0.25) is 5.91 Å². The van der Waals surface area contributed by atoms with Crippen molar-refractivity contribution < 1.29 is 9.90 Å². The summed E-state index contributed by atoms with van der Waals surface area (Å²) in [6, 6.07) is 7.55. The molecule has 1 aromatic heterocycles. The number of nitrogens with zero attached hydrogens (tertiary/aromatic N) is 2. The summed E-state index contributed by atoms with van der Waals surface area (Å²) in [6.45, 7) is 4.53. The molecule has 1 atom stereocenters. The van der Waals surface area contributed by atoms with Crippen LogP contribution in [-0.4, -0.2) is 38.7 Å². The molecule has 0 saturated carbocycles. The molecule has 1 aliphatic heterocycles. The van der Waals surface area contributed by atoms with Crippen LogP contribution in [0.4, 0.5) is 0 Å². The quantitative estimate of drug-likeness (QED) is 0.944. The number of halogens is 1. The zero-order chi connectivity index (χ0) is 15.9. The number of benzene rings is 1. The van der Waals surface area contributed by atoms with E-state index in [-0.39, 0.29) is 18.5 Å². The SMILES string of the molecule is CC(C)(O)C1CCCN1C(=O)Cn1ccc2ccc(Cl)cc21. The van der Waals surface area contributed by atoms with E-state index in [2.05, 4.69) is 0 Å². The number of rotatable bonds is 3. The van der Waals surface area contributed by atoms with Crippen molar-refractivity contribution in [3.63, 3.8) is 0 Å². The van der Waals surface area contributed by atoms with Crippen LogP contribution in [0, 0.1) is 0 Å². The van der Waals surface area contributed by atoms with Gasteiger partial charge in [0, 0.05) is 23.3 Å². The Morgan fingerprint density at radius 3 is 2.91 bits per heavy atom. The van der Waals surface area contributed by atoms with E-state index in [4.69, 9.17) is 11.6 Å². The maximum absolute atomic E-state index is 12.7. The van der Waals surface area contributed by atoms with E-state index in [1.165, 1.54) is 0 Å². The lowest BCUT2D eigenvalue weighted by Crippen LogP contribution is -2.49. The molecule has 5 heteroatoms. The summed E-state index contributed by atoms with van der Waals surface area (Å²) in [7, 11) is 0. The van der Waals surface area contributed by atoms with E-state index in [1.807, 2.05) is 39.9 Å². The van der Waals surface area contributed by atoms with Crippen molar-refractivity contribution in [1.82, 2.24) is 9.47 Å². The molecule has 1 N–H and O–H groups in total. The maximum Gasteiger partial charge on any atom is 0.242 e. The fraction of sp³-hybridized carbons (Fsp3) is 0.471. The molecule has 1 saturated heterocycles. The second-order valence-corrected chi connectivity index (χ2v) is 6.98. The Bertz CT molecular complexity index is 702. The van der Waals surface area contributed by atoms with Gasteiger partial charge in [-0.2, -0.15) is 0 Å². The lowest BCUT2D eigenvalue weighted by molar-refractivity contribution is -0.137. The molecule has 0 radical (unpaired) electrons. The lowest BCUT2D eigenvalue weighted by atomic mass is 9.96. The number of hydrogen-bond acceptors (Lipinski definition) is 2. The third kappa shape index (κ3) is 2.85. The van der Waals surface area contributed by atoms with Gasteiger partial charge in [-0.3, -0.25) is 4.79 Å². The molecular formula is C17H21ClN2O2. The summed E-state index contributed by atoms with van der Waals surface area (Å²) in [5.41, 5.74) is 0.0914. The summed E-state index contributed by atoms with van der Waals surface area (Å²) in [6.07, 6.45) is 3.71. The normalized spacial score (nSPS) is 19.1. The minimum Gasteiger partial charge on any atom is -0.388 e. The first-order chi connectivity index (χ1) is 10.4. The summed E-state index contributed by atoms with van der Waals surface area (Å²) in [5.74, 6) is 0.0436. The first-order valence-electron chi connectivity index (χ1n) is 7.62.